The summed E-state index contributed by atoms with van der Waals surface area (Å²) in [5, 5.41) is 9.35. The molecule has 0 aliphatic carbocycles. The lowest BCUT2D eigenvalue weighted by molar-refractivity contribution is -0.0704. The molecule has 0 bridgehead atoms. The van der Waals surface area contributed by atoms with Crippen molar-refractivity contribution in [1.29, 1.82) is 0 Å². The fourth-order valence-corrected chi connectivity index (χ4v) is 3.64. The Morgan fingerprint density at radius 3 is 2.21 bits per heavy atom. The van der Waals surface area contributed by atoms with E-state index in [0.717, 1.165) is 32.0 Å². The first-order valence-corrected chi connectivity index (χ1v) is 11.5. The molecule has 2 unspecified atom stereocenters. The van der Waals surface area contributed by atoms with Crippen LogP contribution in [0.2, 0.25) is 0 Å². The maximum absolute atomic E-state index is 11.6. The van der Waals surface area contributed by atoms with Crippen LogP contribution in [0.5, 0.6) is 0 Å². The Bertz CT molecular complexity index is 727. The van der Waals surface area contributed by atoms with E-state index >= 15 is 0 Å². The van der Waals surface area contributed by atoms with Gasteiger partial charge in [0.15, 0.2) is 5.96 Å². The highest BCUT2D eigenvalue weighted by Crippen LogP contribution is 2.14. The van der Waals surface area contributed by atoms with Crippen LogP contribution < -0.4 is 16.0 Å². The normalized spacial score (nSPS) is 19.4. The van der Waals surface area contributed by atoms with E-state index in [1.165, 1.54) is 11.1 Å². The summed E-state index contributed by atoms with van der Waals surface area (Å²) in [6, 6.07) is 8.71. The van der Waals surface area contributed by atoms with Gasteiger partial charge < -0.3 is 25.4 Å². The third-order valence-electron chi connectivity index (χ3n) is 4.92. The summed E-state index contributed by atoms with van der Waals surface area (Å²) >= 11 is 0. The number of nitrogens with one attached hydrogen (secondary N) is 3. The molecule has 2 atom stereocenters. The molecular formula is C24H42IN5O3. The van der Waals surface area contributed by atoms with E-state index in [9.17, 15) is 4.79 Å². The van der Waals surface area contributed by atoms with E-state index in [4.69, 9.17) is 9.47 Å². The molecule has 1 aromatic carbocycles. The van der Waals surface area contributed by atoms with Gasteiger partial charge in [-0.05, 0) is 52.2 Å². The molecule has 0 saturated carbocycles. The van der Waals surface area contributed by atoms with Crippen LogP contribution in [0.25, 0.3) is 0 Å². The Kier molecular flexibility index (Phi) is 13.0. The average Bonchev–Trinajstić information content (AvgIpc) is 2.69. The van der Waals surface area contributed by atoms with Crippen LogP contribution in [0, 0.1) is 0 Å². The zero-order chi connectivity index (χ0) is 23.6. The number of alkyl carbamates (subject to hydrolysis) is 1. The largest absolute Gasteiger partial charge is 0.444 e. The van der Waals surface area contributed by atoms with Gasteiger partial charge in [0.25, 0.3) is 0 Å². The number of guanidine groups is 1. The fraction of sp³-hybridized carbons (Fsp3) is 0.667. The van der Waals surface area contributed by atoms with Gasteiger partial charge in [-0.15, -0.1) is 24.0 Å². The Morgan fingerprint density at radius 2 is 1.64 bits per heavy atom. The third-order valence-corrected chi connectivity index (χ3v) is 4.92. The van der Waals surface area contributed by atoms with E-state index < -0.39 is 5.60 Å². The van der Waals surface area contributed by atoms with Crippen molar-refractivity contribution in [3.63, 3.8) is 0 Å². The number of carbonyl (C=O) groups excluding carboxylic acids is 1. The number of nitrogens with zero attached hydrogens (tertiary/aromatic N) is 2. The van der Waals surface area contributed by atoms with Gasteiger partial charge in [-0.1, -0.05) is 24.3 Å². The van der Waals surface area contributed by atoms with Crippen molar-refractivity contribution in [3.05, 3.63) is 35.4 Å². The lowest BCUT2D eigenvalue weighted by Gasteiger charge is -2.35. The maximum Gasteiger partial charge on any atom is 0.407 e. The summed E-state index contributed by atoms with van der Waals surface area (Å²) in [5.41, 5.74) is 2.04. The second kappa shape index (κ2) is 14.6. The standard InChI is InChI=1S/C24H41N5O3.HI/c1-18-15-29(16-19(2)31-18)17-21-10-8-20(9-11-21)14-28-22(25-6)26-12-7-13-27-23(30)32-24(3,4)5;/h8-11,18-19H,7,12-17H2,1-6H3,(H,27,30)(H2,25,26,28);1H. The van der Waals surface area contributed by atoms with E-state index in [0.29, 0.717) is 19.6 Å². The Labute approximate surface area is 216 Å². The number of morpholine rings is 1. The van der Waals surface area contributed by atoms with Crippen LogP contribution in [0.3, 0.4) is 0 Å². The molecule has 1 saturated heterocycles. The van der Waals surface area contributed by atoms with Gasteiger partial charge in [-0.25, -0.2) is 4.79 Å². The van der Waals surface area contributed by atoms with Crippen molar-refractivity contribution in [2.75, 3.05) is 33.2 Å². The van der Waals surface area contributed by atoms with Gasteiger partial charge in [-0.3, -0.25) is 9.89 Å². The highest BCUT2D eigenvalue weighted by Gasteiger charge is 2.22. The van der Waals surface area contributed by atoms with Gasteiger partial charge in [0.2, 0.25) is 0 Å². The number of ether oxygens (including phenoxy) is 2. The van der Waals surface area contributed by atoms with Crippen molar-refractivity contribution >= 4 is 36.0 Å². The smallest absolute Gasteiger partial charge is 0.407 e. The third kappa shape index (κ3) is 12.4. The number of carbonyl (C=O) groups is 1. The summed E-state index contributed by atoms with van der Waals surface area (Å²) in [6.45, 7) is 14.7. The van der Waals surface area contributed by atoms with Gasteiger partial charge in [-0.2, -0.15) is 0 Å². The summed E-state index contributed by atoms with van der Waals surface area (Å²) in [5.74, 6) is 0.739. The van der Waals surface area contributed by atoms with Crippen LogP contribution in [0.15, 0.2) is 29.3 Å². The van der Waals surface area contributed by atoms with Crippen LogP contribution in [-0.2, 0) is 22.6 Å². The lowest BCUT2D eigenvalue weighted by Crippen LogP contribution is -2.44. The molecule has 9 heteroatoms. The first-order valence-electron chi connectivity index (χ1n) is 11.5. The van der Waals surface area contributed by atoms with Crippen LogP contribution in [0.1, 0.15) is 52.2 Å². The quantitative estimate of drug-likeness (QED) is 0.191. The summed E-state index contributed by atoms with van der Waals surface area (Å²) in [6.07, 6.45) is 0.957. The Morgan fingerprint density at radius 1 is 1.06 bits per heavy atom. The number of halogens is 1. The van der Waals surface area contributed by atoms with E-state index in [1.54, 1.807) is 7.05 Å². The SMILES string of the molecule is CN=C(NCCCNC(=O)OC(C)(C)C)NCc1ccc(CN2CC(C)OC(C)C2)cc1.I. The number of amides is 1. The first kappa shape index (κ1) is 29.4. The first-order chi connectivity index (χ1) is 15.1. The molecule has 188 valence electrons. The molecule has 2 rings (SSSR count). The molecule has 0 radical (unpaired) electrons. The van der Waals surface area contributed by atoms with Crippen molar-refractivity contribution in [2.45, 2.75) is 71.9 Å². The predicted octanol–water partition coefficient (Wildman–Crippen LogP) is 3.49. The van der Waals surface area contributed by atoms with E-state index in [1.807, 2.05) is 20.8 Å². The molecule has 8 nitrogen and oxygen atoms in total. The average molecular weight is 576 g/mol. The Balaban J connectivity index is 0.00000544. The second-order valence-corrected chi connectivity index (χ2v) is 9.40. The number of hydrogen-bond acceptors (Lipinski definition) is 5. The molecule has 1 amide bonds. The topological polar surface area (TPSA) is 87.2 Å². The monoisotopic (exact) mass is 575 g/mol. The van der Waals surface area contributed by atoms with Crippen molar-refractivity contribution < 1.29 is 14.3 Å². The molecule has 1 heterocycles. The van der Waals surface area contributed by atoms with Crippen molar-refractivity contribution in [1.82, 2.24) is 20.9 Å². The maximum atomic E-state index is 11.6. The van der Waals surface area contributed by atoms with Crippen LogP contribution in [-0.4, -0.2) is 68.0 Å². The van der Waals surface area contributed by atoms with Crippen molar-refractivity contribution in [3.8, 4) is 0 Å². The van der Waals surface area contributed by atoms with Crippen molar-refractivity contribution in [2.24, 2.45) is 4.99 Å². The molecule has 0 spiro atoms. The lowest BCUT2D eigenvalue weighted by atomic mass is 10.1. The predicted molar refractivity (Wildman–Crippen MR) is 144 cm³/mol. The van der Waals surface area contributed by atoms with Gasteiger partial charge in [0.1, 0.15) is 5.60 Å². The highest BCUT2D eigenvalue weighted by atomic mass is 127. The summed E-state index contributed by atoms with van der Waals surface area (Å²) in [7, 11) is 1.75. The molecule has 0 aromatic heterocycles. The number of hydrogen-bond donors (Lipinski definition) is 3. The minimum absolute atomic E-state index is 0. The zero-order valence-corrected chi connectivity index (χ0v) is 23.3. The fourth-order valence-electron chi connectivity index (χ4n) is 3.64. The van der Waals surface area contributed by atoms with E-state index in [2.05, 4.69) is 64.0 Å². The Hall–Kier alpha value is -1.59. The second-order valence-electron chi connectivity index (χ2n) is 9.40. The molecule has 1 aromatic rings. The summed E-state index contributed by atoms with van der Waals surface area (Å²) < 4.78 is 11.0. The minimum Gasteiger partial charge on any atom is -0.444 e. The van der Waals surface area contributed by atoms with Crippen LogP contribution >= 0.6 is 24.0 Å². The zero-order valence-electron chi connectivity index (χ0n) is 20.9. The van der Waals surface area contributed by atoms with Gasteiger partial charge >= 0.3 is 6.09 Å². The number of rotatable bonds is 8. The number of aliphatic imine (C=N–C) groups is 1. The molecule has 33 heavy (non-hydrogen) atoms. The molecule has 3 N–H and O–H groups in total. The van der Waals surface area contributed by atoms with E-state index in [-0.39, 0.29) is 42.3 Å². The number of benzene rings is 1. The molecule has 1 aliphatic heterocycles. The highest BCUT2D eigenvalue weighted by molar-refractivity contribution is 14.0. The van der Waals surface area contributed by atoms with Crippen LogP contribution in [0.4, 0.5) is 4.79 Å². The molecule has 1 fully saturated rings. The molecule has 1 aliphatic rings. The van der Waals surface area contributed by atoms with Gasteiger partial charge in [0, 0.05) is 46.3 Å². The van der Waals surface area contributed by atoms with Gasteiger partial charge in [0.05, 0.1) is 12.2 Å². The summed E-state index contributed by atoms with van der Waals surface area (Å²) in [4.78, 5) is 18.3. The minimum atomic E-state index is -0.480. The molecular weight excluding hydrogens is 533 g/mol.